The van der Waals surface area contributed by atoms with Crippen LogP contribution in [0.15, 0.2) is 47.4 Å². The summed E-state index contributed by atoms with van der Waals surface area (Å²) in [5.41, 5.74) is 0.646. The molecule has 25 heavy (non-hydrogen) atoms. The van der Waals surface area contributed by atoms with E-state index in [1.807, 2.05) is 19.1 Å². The lowest BCUT2D eigenvalue weighted by atomic mass is 10.2. The minimum absolute atomic E-state index is 0.0953. The topological polar surface area (TPSA) is 33.2 Å². The highest BCUT2D eigenvalue weighted by Crippen LogP contribution is 2.38. The average molecular weight is 380 g/mol. The quantitative estimate of drug-likeness (QED) is 0.553. The molecule has 128 valence electrons. The Morgan fingerprint density at radius 2 is 1.92 bits per heavy atom. The first-order valence-corrected chi connectivity index (χ1v) is 8.37. The predicted molar refractivity (Wildman–Crippen MR) is 96.1 cm³/mol. The normalized spacial score (nSPS) is 16.8. The number of thiocarbonyl (C=S) groups is 1. The highest BCUT2D eigenvalue weighted by molar-refractivity contribution is 8.27. The third-order valence-electron chi connectivity index (χ3n) is 3.41. The molecule has 1 aliphatic heterocycles. The fourth-order valence-corrected chi connectivity index (χ4v) is 3.57. The lowest BCUT2D eigenvalue weighted by molar-refractivity contribution is -0.137. The van der Waals surface area contributed by atoms with Crippen molar-refractivity contribution in [3.05, 3.63) is 64.3 Å². The van der Waals surface area contributed by atoms with Gasteiger partial charge in [0.1, 0.15) is 0 Å². The van der Waals surface area contributed by atoms with E-state index < -0.39 is 17.6 Å². The van der Waals surface area contributed by atoms with Crippen LogP contribution in [0.4, 0.5) is 18.9 Å². The molecule has 2 aromatic rings. The van der Waals surface area contributed by atoms with Crippen LogP contribution in [-0.2, 0) is 11.0 Å². The molecule has 0 unspecified atom stereocenters. The lowest BCUT2D eigenvalue weighted by Crippen LogP contribution is -2.27. The van der Waals surface area contributed by atoms with Gasteiger partial charge in [-0.15, -0.1) is 0 Å². The first-order chi connectivity index (χ1) is 11.8. The minimum atomic E-state index is -4.49. The van der Waals surface area contributed by atoms with Crippen molar-refractivity contribution in [3.8, 4) is 0 Å². The first-order valence-electron chi connectivity index (χ1n) is 7.14. The molecule has 0 atom stereocenters. The highest BCUT2D eigenvalue weighted by Gasteiger charge is 2.36. The van der Waals surface area contributed by atoms with Crippen LogP contribution >= 0.6 is 24.0 Å². The molecule has 0 aliphatic carbocycles. The van der Waals surface area contributed by atoms with Gasteiger partial charge in [-0.05, 0) is 43.3 Å². The van der Waals surface area contributed by atoms with Crippen molar-refractivity contribution in [2.24, 2.45) is 0 Å². The number of hydrogen-bond donors (Lipinski definition) is 0. The monoisotopic (exact) mass is 380 g/mol. The summed E-state index contributed by atoms with van der Waals surface area (Å²) in [6.07, 6.45) is -2.91. The van der Waals surface area contributed by atoms with Crippen molar-refractivity contribution in [1.82, 2.24) is 4.98 Å². The Morgan fingerprint density at radius 3 is 2.60 bits per heavy atom. The van der Waals surface area contributed by atoms with Crippen molar-refractivity contribution < 1.29 is 18.0 Å². The number of carbonyl (C=O) groups excluding carboxylic acids is 1. The maximum absolute atomic E-state index is 12.9. The van der Waals surface area contributed by atoms with Crippen molar-refractivity contribution >= 4 is 46.0 Å². The van der Waals surface area contributed by atoms with Gasteiger partial charge in [-0.3, -0.25) is 14.7 Å². The van der Waals surface area contributed by atoms with Gasteiger partial charge in [-0.25, -0.2) is 0 Å². The standard InChI is InChI=1S/C17H11F3N2OS2/c1-10-4-2-6-12(21-10)9-14-15(23)22(16(24)25-14)13-7-3-5-11(8-13)17(18,19)20/h2-9H,1H3/b14-9-. The number of nitrogens with zero attached hydrogens (tertiary/aromatic N) is 2. The molecule has 0 saturated carbocycles. The fraction of sp³-hybridized carbons (Fsp3) is 0.118. The van der Waals surface area contributed by atoms with E-state index >= 15 is 0 Å². The number of hydrogen-bond acceptors (Lipinski definition) is 4. The predicted octanol–water partition coefficient (Wildman–Crippen LogP) is 4.81. The molecule has 3 rings (SSSR count). The fourth-order valence-electron chi connectivity index (χ4n) is 2.29. The zero-order valence-electron chi connectivity index (χ0n) is 12.9. The van der Waals surface area contributed by atoms with Crippen LogP contribution in [0.2, 0.25) is 0 Å². The van der Waals surface area contributed by atoms with Crippen molar-refractivity contribution in [1.29, 1.82) is 0 Å². The number of rotatable bonds is 2. The summed E-state index contributed by atoms with van der Waals surface area (Å²) in [6, 6.07) is 9.92. The third-order valence-corrected chi connectivity index (χ3v) is 4.72. The Balaban J connectivity index is 1.95. The molecule has 0 bridgehead atoms. The number of thioether (sulfide) groups is 1. The number of alkyl halides is 3. The van der Waals surface area contributed by atoms with Crippen LogP contribution in [0.5, 0.6) is 0 Å². The maximum atomic E-state index is 12.9. The summed E-state index contributed by atoms with van der Waals surface area (Å²) in [4.78, 5) is 18.3. The second-order valence-electron chi connectivity index (χ2n) is 5.27. The zero-order chi connectivity index (χ0) is 18.2. The van der Waals surface area contributed by atoms with E-state index in [2.05, 4.69) is 4.98 Å². The van der Waals surface area contributed by atoms with E-state index in [1.54, 1.807) is 12.1 Å². The van der Waals surface area contributed by atoms with Crippen LogP contribution in [-0.4, -0.2) is 15.2 Å². The molecule has 1 fully saturated rings. The molecule has 0 N–H and O–H groups in total. The molecule has 1 saturated heterocycles. The Kier molecular flexibility index (Phi) is 4.66. The molecule has 1 aromatic carbocycles. The molecular weight excluding hydrogens is 369 g/mol. The number of carbonyl (C=O) groups is 1. The third kappa shape index (κ3) is 3.74. The first kappa shape index (κ1) is 17.6. The van der Waals surface area contributed by atoms with Crippen molar-refractivity contribution in [2.75, 3.05) is 4.90 Å². The van der Waals surface area contributed by atoms with Crippen molar-refractivity contribution in [2.45, 2.75) is 13.1 Å². The van der Waals surface area contributed by atoms with Crippen LogP contribution in [0.3, 0.4) is 0 Å². The van der Waals surface area contributed by atoms with Crippen LogP contribution in [0.1, 0.15) is 17.0 Å². The summed E-state index contributed by atoms with van der Waals surface area (Å²) >= 11 is 6.22. The van der Waals surface area contributed by atoms with E-state index in [-0.39, 0.29) is 10.0 Å². The Morgan fingerprint density at radius 1 is 1.20 bits per heavy atom. The van der Waals surface area contributed by atoms with Crippen molar-refractivity contribution in [3.63, 3.8) is 0 Å². The smallest absolute Gasteiger partial charge is 0.268 e. The van der Waals surface area contributed by atoms with Gasteiger partial charge in [0.05, 0.1) is 21.8 Å². The highest BCUT2D eigenvalue weighted by atomic mass is 32.2. The van der Waals surface area contributed by atoms with Crippen LogP contribution < -0.4 is 4.90 Å². The van der Waals surface area contributed by atoms with Gasteiger partial charge >= 0.3 is 6.18 Å². The molecule has 1 aliphatic rings. The molecule has 8 heteroatoms. The van der Waals surface area contributed by atoms with E-state index in [4.69, 9.17) is 12.2 Å². The molecule has 2 heterocycles. The molecule has 1 aromatic heterocycles. The average Bonchev–Trinajstić information content (AvgIpc) is 2.81. The molecule has 3 nitrogen and oxygen atoms in total. The van der Waals surface area contributed by atoms with E-state index in [0.717, 1.165) is 34.5 Å². The van der Waals surface area contributed by atoms with E-state index in [0.29, 0.717) is 10.6 Å². The van der Waals surface area contributed by atoms with Gasteiger partial charge < -0.3 is 0 Å². The minimum Gasteiger partial charge on any atom is -0.268 e. The van der Waals surface area contributed by atoms with Gasteiger partial charge in [-0.2, -0.15) is 13.2 Å². The van der Waals surface area contributed by atoms with E-state index in [9.17, 15) is 18.0 Å². The molecule has 1 amide bonds. The number of amides is 1. The number of aromatic nitrogens is 1. The number of halogens is 3. The Bertz CT molecular complexity index is 893. The Labute approximate surface area is 151 Å². The lowest BCUT2D eigenvalue weighted by Gasteiger charge is -2.16. The van der Waals surface area contributed by atoms with Gasteiger partial charge in [0.25, 0.3) is 5.91 Å². The SMILES string of the molecule is Cc1cccc(/C=C2\SC(=S)N(c3cccc(C(F)(F)F)c3)C2=O)n1. The van der Waals surface area contributed by atoms with E-state index in [1.165, 1.54) is 12.1 Å². The second kappa shape index (κ2) is 6.61. The number of benzene rings is 1. The number of aryl methyl sites for hydroxylation is 1. The zero-order valence-corrected chi connectivity index (χ0v) is 14.5. The molecular formula is C17H11F3N2OS2. The van der Waals surface area contributed by atoms with Gasteiger partial charge in [0, 0.05) is 5.69 Å². The van der Waals surface area contributed by atoms with Gasteiger partial charge in [0.15, 0.2) is 4.32 Å². The summed E-state index contributed by atoms with van der Waals surface area (Å²) in [6.45, 7) is 1.82. The molecule has 0 spiro atoms. The van der Waals surface area contributed by atoms with Crippen LogP contribution in [0.25, 0.3) is 6.08 Å². The summed E-state index contributed by atoms with van der Waals surface area (Å²) < 4.78 is 38.9. The molecule has 0 radical (unpaired) electrons. The maximum Gasteiger partial charge on any atom is 0.416 e. The number of anilines is 1. The largest absolute Gasteiger partial charge is 0.416 e. The van der Waals surface area contributed by atoms with Gasteiger partial charge in [0.2, 0.25) is 0 Å². The summed E-state index contributed by atoms with van der Waals surface area (Å²) in [7, 11) is 0. The van der Waals surface area contributed by atoms with Crippen LogP contribution in [0, 0.1) is 6.92 Å². The van der Waals surface area contributed by atoms with Gasteiger partial charge in [-0.1, -0.05) is 36.1 Å². The number of pyridine rings is 1. The summed E-state index contributed by atoms with van der Waals surface area (Å²) in [5.74, 6) is -0.461. The Hall–Kier alpha value is -2.19. The second-order valence-corrected chi connectivity index (χ2v) is 6.94. The summed E-state index contributed by atoms with van der Waals surface area (Å²) in [5, 5.41) is 0.